The summed E-state index contributed by atoms with van der Waals surface area (Å²) in [6.07, 6.45) is 5.48. The Labute approximate surface area is 444 Å². The topological polar surface area (TPSA) is 177 Å². The normalized spacial score (nSPS) is 17.5. The molecule has 2 aromatic heterocycles. The molecule has 2 aliphatic rings. The third-order valence-electron chi connectivity index (χ3n) is 12.5. The van der Waals surface area contributed by atoms with Crippen LogP contribution in [0.5, 0.6) is 23.0 Å². The molecule has 20 heteroatoms. The molecule has 0 unspecified atom stereocenters. The number of carbonyl (C=O) groups is 3. The van der Waals surface area contributed by atoms with Crippen LogP contribution in [-0.2, 0) is 31.9 Å². The lowest BCUT2D eigenvalue weighted by molar-refractivity contribution is -0.145. The van der Waals surface area contributed by atoms with Gasteiger partial charge in [-0.2, -0.15) is 0 Å². The standard InChI is InChI=1S/C29H34Cl2N4O5.C24H25Cl2N3O4/c1-29(2,3)40-28(37)35-15-16(10-20(35)27(36)34(4)5)11-23-32-14-18-12-17(8-9-19(18)33-23)24-25(30)21(38-6)13-22(39-7)26(24)31;1-4-33-24(30)17-7-13(11-27-17)8-20-28-12-15-9-14(5-6-16(15)29-20)21-22(25)18(31-2)10-19(32-3)23(21)26/h8-9,12-14,16,20H,10-11,15H2,1-7H3;5-6,9-10,12-13,17,27H,4,7-8,11H2,1-3H3/t16-,20+;13-,17+/m11/s1. The summed E-state index contributed by atoms with van der Waals surface area (Å²) in [5.41, 5.74) is 3.70. The molecular formula is C53H59Cl4N7O9. The Kier molecular flexibility index (Phi) is 17.7. The zero-order valence-electron chi connectivity index (χ0n) is 42.4. The van der Waals surface area contributed by atoms with Crippen LogP contribution >= 0.6 is 46.4 Å². The number of likely N-dealkylation sites (N-methyl/N-ethyl adjacent to an activating group) is 1. The van der Waals surface area contributed by atoms with Gasteiger partial charge in [0.2, 0.25) is 5.91 Å². The second-order valence-electron chi connectivity index (χ2n) is 18.9. The Morgan fingerprint density at radius 1 is 0.699 bits per heavy atom. The molecule has 16 nitrogen and oxygen atoms in total. The van der Waals surface area contributed by atoms with Crippen LogP contribution in [0, 0.1) is 11.8 Å². The third-order valence-corrected chi connectivity index (χ3v) is 14.0. The third kappa shape index (κ3) is 12.5. The van der Waals surface area contributed by atoms with Crippen LogP contribution in [0.25, 0.3) is 44.1 Å². The highest BCUT2D eigenvalue weighted by atomic mass is 35.5. The highest BCUT2D eigenvalue weighted by molar-refractivity contribution is 6.42. The number of halogens is 4. The second-order valence-corrected chi connectivity index (χ2v) is 20.4. The number of rotatable bonds is 13. The monoisotopic (exact) mass is 1080 g/mol. The van der Waals surface area contributed by atoms with Gasteiger partial charge < -0.3 is 38.6 Å². The molecule has 8 rings (SSSR count). The Bertz CT molecular complexity index is 2970. The number of aromatic nitrogens is 4. The fourth-order valence-corrected chi connectivity index (χ4v) is 10.4. The maximum Gasteiger partial charge on any atom is 0.410 e. The summed E-state index contributed by atoms with van der Waals surface area (Å²) < 4.78 is 32.2. The van der Waals surface area contributed by atoms with Gasteiger partial charge in [0.15, 0.2) is 0 Å². The van der Waals surface area contributed by atoms with Crippen LogP contribution in [0.3, 0.4) is 0 Å². The van der Waals surface area contributed by atoms with E-state index in [1.165, 1.54) is 24.0 Å². The van der Waals surface area contributed by atoms with Crippen molar-refractivity contribution in [2.45, 2.75) is 71.1 Å². The van der Waals surface area contributed by atoms with E-state index in [2.05, 4.69) is 15.3 Å². The SMILES string of the molecule is CCOC(=O)[C@@H]1C[C@H](Cc2ncc3cc(-c4c(Cl)c(OC)cc(OC)c4Cl)ccc3n2)CN1.COc1cc(OC)c(Cl)c(-c2ccc3nc(C[C@H]4C[C@@H](C(=O)N(C)C)N(C(=O)OC(C)(C)C)C4)ncc3c2)c1Cl. The molecule has 2 amide bonds. The lowest BCUT2D eigenvalue weighted by atomic mass is 10.0. The van der Waals surface area contributed by atoms with E-state index in [9.17, 15) is 14.4 Å². The summed E-state index contributed by atoms with van der Waals surface area (Å²) in [5.74, 6) is 3.18. The predicted molar refractivity (Wildman–Crippen MR) is 284 cm³/mol. The minimum Gasteiger partial charge on any atom is -0.495 e. The molecule has 388 valence electrons. The zero-order chi connectivity index (χ0) is 52.9. The first-order chi connectivity index (χ1) is 34.8. The number of hydrogen-bond donors (Lipinski definition) is 1. The van der Waals surface area contributed by atoms with E-state index in [0.29, 0.717) is 98.9 Å². The van der Waals surface area contributed by atoms with Crippen molar-refractivity contribution in [1.82, 2.24) is 35.1 Å². The predicted octanol–water partition coefficient (Wildman–Crippen LogP) is 10.6. The first-order valence-corrected chi connectivity index (χ1v) is 25.1. The lowest BCUT2D eigenvalue weighted by Crippen LogP contribution is -2.47. The molecule has 0 saturated carbocycles. The average Bonchev–Trinajstić information content (AvgIpc) is 4.01. The summed E-state index contributed by atoms with van der Waals surface area (Å²) in [7, 11) is 9.52. The summed E-state index contributed by atoms with van der Waals surface area (Å²) in [5, 5.41) is 6.46. The number of hydrogen-bond acceptors (Lipinski definition) is 14. The first-order valence-electron chi connectivity index (χ1n) is 23.6. The van der Waals surface area contributed by atoms with Gasteiger partial charge >= 0.3 is 12.1 Å². The highest BCUT2D eigenvalue weighted by Crippen LogP contribution is 2.48. The van der Waals surface area contributed by atoms with E-state index in [4.69, 9.17) is 84.8 Å². The van der Waals surface area contributed by atoms with Crippen molar-refractivity contribution in [3.63, 3.8) is 0 Å². The summed E-state index contributed by atoms with van der Waals surface area (Å²) in [4.78, 5) is 59.4. The van der Waals surface area contributed by atoms with Gasteiger partial charge in [0.25, 0.3) is 0 Å². The van der Waals surface area contributed by atoms with Crippen LogP contribution < -0.4 is 24.3 Å². The number of amides is 2. The van der Waals surface area contributed by atoms with Crippen molar-refractivity contribution >= 4 is 86.2 Å². The van der Waals surface area contributed by atoms with Gasteiger partial charge in [-0.3, -0.25) is 14.5 Å². The van der Waals surface area contributed by atoms with E-state index < -0.39 is 17.7 Å². The van der Waals surface area contributed by atoms with Gasteiger partial charge in [-0.1, -0.05) is 58.5 Å². The second kappa shape index (κ2) is 23.5. The van der Waals surface area contributed by atoms with E-state index in [1.807, 2.05) is 64.1 Å². The smallest absolute Gasteiger partial charge is 0.410 e. The first kappa shape index (κ1) is 54.9. The van der Waals surface area contributed by atoms with Crippen LogP contribution in [-0.4, -0.2) is 128 Å². The molecule has 4 atom stereocenters. The molecule has 4 heterocycles. The van der Waals surface area contributed by atoms with E-state index in [0.717, 1.165) is 45.3 Å². The van der Waals surface area contributed by atoms with Crippen LogP contribution in [0.1, 0.15) is 52.2 Å². The Hall–Kier alpha value is -5.91. The van der Waals surface area contributed by atoms with Crippen LogP contribution in [0.4, 0.5) is 4.79 Å². The van der Waals surface area contributed by atoms with Crippen LogP contribution in [0.15, 0.2) is 60.9 Å². The van der Waals surface area contributed by atoms with Crippen molar-refractivity contribution in [1.29, 1.82) is 0 Å². The van der Waals surface area contributed by atoms with Crippen molar-refractivity contribution in [3.05, 3.63) is 92.7 Å². The molecule has 0 bridgehead atoms. The number of methoxy groups -OCH3 is 4. The maximum absolute atomic E-state index is 12.9. The van der Waals surface area contributed by atoms with Crippen molar-refractivity contribution in [2.75, 3.05) is 62.2 Å². The molecule has 4 aromatic carbocycles. The van der Waals surface area contributed by atoms with Gasteiger partial charge in [-0.15, -0.1) is 0 Å². The summed E-state index contributed by atoms with van der Waals surface area (Å²) >= 11 is 26.4. The number of benzene rings is 4. The Morgan fingerprint density at radius 2 is 1.16 bits per heavy atom. The molecule has 1 N–H and O–H groups in total. The Balaban J connectivity index is 0.000000218. The molecule has 2 saturated heterocycles. The number of ether oxygens (including phenoxy) is 6. The van der Waals surface area contributed by atoms with E-state index >= 15 is 0 Å². The van der Waals surface area contributed by atoms with Gasteiger partial charge in [-0.05, 0) is 94.3 Å². The van der Waals surface area contributed by atoms with E-state index in [-0.39, 0.29) is 29.8 Å². The number of fused-ring (bicyclic) bond motifs is 2. The summed E-state index contributed by atoms with van der Waals surface area (Å²) in [6, 6.07) is 13.9. The number of likely N-dealkylation sites (tertiary alicyclic amines) is 1. The van der Waals surface area contributed by atoms with Crippen molar-refractivity contribution in [2.24, 2.45) is 11.8 Å². The number of nitrogens with one attached hydrogen (secondary N) is 1. The molecule has 2 aliphatic heterocycles. The number of carbonyl (C=O) groups excluding carboxylic acids is 3. The number of esters is 1. The van der Waals surface area contributed by atoms with Gasteiger partial charge in [-0.25, -0.2) is 24.7 Å². The minimum atomic E-state index is -0.661. The van der Waals surface area contributed by atoms with Gasteiger partial charge in [0, 0.05) is 79.9 Å². The van der Waals surface area contributed by atoms with Crippen molar-refractivity contribution in [3.8, 4) is 45.3 Å². The lowest BCUT2D eigenvalue weighted by Gasteiger charge is -2.29. The quantitative estimate of drug-likeness (QED) is 0.108. The minimum absolute atomic E-state index is 0.00000303. The molecule has 6 aromatic rings. The Morgan fingerprint density at radius 3 is 1.59 bits per heavy atom. The van der Waals surface area contributed by atoms with Gasteiger partial charge in [0.1, 0.15) is 52.3 Å². The maximum atomic E-state index is 12.9. The number of nitrogens with zero attached hydrogens (tertiary/aromatic N) is 6. The van der Waals surface area contributed by atoms with E-state index in [1.54, 1.807) is 52.8 Å². The zero-order valence-corrected chi connectivity index (χ0v) is 45.4. The fourth-order valence-electron chi connectivity index (χ4n) is 8.96. The fraction of sp³-hybridized carbons (Fsp3) is 0.415. The summed E-state index contributed by atoms with van der Waals surface area (Å²) in [6.45, 7) is 8.74. The van der Waals surface area contributed by atoms with Gasteiger partial charge in [0.05, 0.1) is 66.2 Å². The molecule has 0 radical (unpaired) electrons. The molecule has 2 fully saturated rings. The van der Waals surface area contributed by atoms with Crippen molar-refractivity contribution < 1.29 is 42.8 Å². The molecule has 0 aliphatic carbocycles. The molecule has 73 heavy (non-hydrogen) atoms. The molecule has 0 spiro atoms. The average molecular weight is 1080 g/mol. The molecular weight excluding hydrogens is 1020 g/mol. The van der Waals surface area contributed by atoms with Crippen LogP contribution in [0.2, 0.25) is 20.1 Å². The highest BCUT2D eigenvalue weighted by Gasteiger charge is 2.42. The largest absolute Gasteiger partial charge is 0.495 e.